The Bertz CT molecular complexity index is 739. The third-order valence-corrected chi connectivity index (χ3v) is 5.62. The second-order valence-corrected chi connectivity index (χ2v) is 7.07. The van der Waals surface area contributed by atoms with Crippen molar-refractivity contribution in [3.05, 3.63) is 46.6 Å². The molecular weight excluding hydrogens is 344 g/mol. The van der Waals surface area contributed by atoms with Gasteiger partial charge in [0, 0.05) is 23.6 Å². The molecule has 26 heavy (non-hydrogen) atoms. The second-order valence-electron chi connectivity index (χ2n) is 6.04. The average Bonchev–Trinajstić information content (AvgIpc) is 2.66. The van der Waals surface area contributed by atoms with E-state index in [2.05, 4.69) is 36.4 Å². The van der Waals surface area contributed by atoms with E-state index in [9.17, 15) is 4.79 Å². The predicted octanol–water partition coefficient (Wildman–Crippen LogP) is 4.93. The van der Waals surface area contributed by atoms with E-state index in [1.165, 1.54) is 21.6 Å². The number of carbonyl (C=O) groups excluding carboxylic acids is 1. The topological polar surface area (TPSA) is 42.4 Å². The molecule has 3 rings (SSSR count). The van der Waals surface area contributed by atoms with Crippen LogP contribution >= 0.6 is 11.9 Å². The molecule has 140 valence electrons. The molecule has 0 saturated carbocycles. The lowest BCUT2D eigenvalue weighted by Gasteiger charge is -2.30. The summed E-state index contributed by atoms with van der Waals surface area (Å²) in [6.07, 6.45) is 3.43. The Morgan fingerprint density at radius 2 is 1.92 bits per heavy atom. The van der Waals surface area contributed by atoms with E-state index in [0.717, 1.165) is 42.9 Å². The monoisotopic (exact) mass is 372 g/mol. The number of ether oxygens (including phenoxy) is 1. The van der Waals surface area contributed by atoms with Gasteiger partial charge in [0.2, 0.25) is 0 Å². The molecule has 0 saturated heterocycles. The quantitative estimate of drug-likeness (QED) is 0.550. The zero-order chi connectivity index (χ0) is 19.1. The highest BCUT2D eigenvalue weighted by atomic mass is 32.2. The van der Waals surface area contributed by atoms with Crippen molar-refractivity contribution in [1.29, 1.82) is 0 Å². The molecule has 0 N–H and O–H groups in total. The van der Waals surface area contributed by atoms with Crippen molar-refractivity contribution in [2.24, 2.45) is 0 Å². The lowest BCUT2D eigenvalue weighted by Crippen LogP contribution is -2.24. The van der Waals surface area contributed by atoms with Crippen LogP contribution in [0.3, 0.4) is 0 Å². The highest BCUT2D eigenvalue weighted by molar-refractivity contribution is 8.00. The largest absolute Gasteiger partial charge is 0.497 e. The van der Waals surface area contributed by atoms with E-state index in [0.29, 0.717) is 6.42 Å². The number of hydrogen-bond donors (Lipinski definition) is 0. The van der Waals surface area contributed by atoms with Gasteiger partial charge in [-0.2, -0.15) is 0 Å². The third-order valence-electron chi connectivity index (χ3n) is 4.22. The minimum atomic E-state index is 0.367. The van der Waals surface area contributed by atoms with E-state index in [4.69, 9.17) is 9.72 Å². The lowest BCUT2D eigenvalue weighted by atomic mass is 10.1. The van der Waals surface area contributed by atoms with Crippen LogP contribution in [0.4, 0.5) is 5.82 Å². The number of hydrogen-bond acceptors (Lipinski definition) is 5. The molecule has 0 fully saturated rings. The summed E-state index contributed by atoms with van der Waals surface area (Å²) in [5.41, 5.74) is 4.49. The van der Waals surface area contributed by atoms with Gasteiger partial charge in [-0.15, -0.1) is 0 Å². The van der Waals surface area contributed by atoms with Crippen LogP contribution in [0.2, 0.25) is 0 Å². The Kier molecular flexibility index (Phi) is 7.51. The summed E-state index contributed by atoms with van der Waals surface area (Å²) >= 11 is 1.73. The standard InChI is InChI=1S/C19H22N2O2S.C2H6/c1-13-11-17(23-3)12-14(2)18(13)24-21-9-4-5-15-6-7-16(8-10-22)20-19(15)21;1-2/h6-7,10-12H,4-5,8-9H2,1-3H3;1-2H3. The maximum atomic E-state index is 10.8. The van der Waals surface area contributed by atoms with Crippen molar-refractivity contribution >= 4 is 24.1 Å². The van der Waals surface area contributed by atoms with Crippen LogP contribution in [0.15, 0.2) is 29.2 Å². The zero-order valence-corrected chi connectivity index (χ0v) is 17.2. The van der Waals surface area contributed by atoms with Gasteiger partial charge in [-0.3, -0.25) is 4.31 Å². The van der Waals surface area contributed by atoms with Gasteiger partial charge in [0.1, 0.15) is 17.9 Å². The van der Waals surface area contributed by atoms with Gasteiger partial charge in [-0.05, 0) is 73.5 Å². The highest BCUT2D eigenvalue weighted by Gasteiger charge is 2.21. The number of rotatable bonds is 5. The molecule has 1 aliphatic rings. The first-order chi connectivity index (χ1) is 12.6. The Morgan fingerprint density at radius 1 is 1.23 bits per heavy atom. The number of aromatic nitrogens is 1. The summed E-state index contributed by atoms with van der Waals surface area (Å²) in [6, 6.07) is 8.21. The maximum absolute atomic E-state index is 10.8. The molecule has 0 bridgehead atoms. The molecule has 0 radical (unpaired) electrons. The second kappa shape index (κ2) is 9.62. The van der Waals surface area contributed by atoms with Crippen LogP contribution in [0, 0.1) is 13.8 Å². The molecule has 1 aromatic carbocycles. The molecule has 0 aliphatic carbocycles. The molecule has 4 nitrogen and oxygen atoms in total. The lowest BCUT2D eigenvalue weighted by molar-refractivity contribution is -0.107. The molecular formula is C21H28N2O2S. The minimum absolute atomic E-state index is 0.367. The molecule has 2 heterocycles. The van der Waals surface area contributed by atoms with Crippen molar-refractivity contribution in [2.45, 2.75) is 51.9 Å². The van der Waals surface area contributed by atoms with Gasteiger partial charge < -0.3 is 9.53 Å². The SMILES string of the molecule is CC.COc1cc(C)c(SN2CCCc3ccc(CC=O)nc32)c(C)c1. The maximum Gasteiger partial charge on any atom is 0.142 e. The molecule has 1 aromatic heterocycles. The fraction of sp³-hybridized carbons (Fsp3) is 0.429. The molecule has 2 aromatic rings. The van der Waals surface area contributed by atoms with Crippen molar-refractivity contribution < 1.29 is 9.53 Å². The fourth-order valence-electron chi connectivity index (χ4n) is 3.02. The number of pyridine rings is 1. The number of aryl methyl sites for hydroxylation is 3. The van der Waals surface area contributed by atoms with Crippen molar-refractivity contribution in [3.8, 4) is 5.75 Å². The van der Waals surface area contributed by atoms with Crippen LogP contribution in [0.5, 0.6) is 5.75 Å². The molecule has 5 heteroatoms. The van der Waals surface area contributed by atoms with E-state index in [1.807, 2.05) is 19.9 Å². The summed E-state index contributed by atoms with van der Waals surface area (Å²) < 4.78 is 7.61. The van der Waals surface area contributed by atoms with Crippen molar-refractivity contribution in [2.75, 3.05) is 18.0 Å². The number of nitrogens with zero attached hydrogens (tertiary/aromatic N) is 2. The van der Waals surface area contributed by atoms with Crippen LogP contribution in [0.1, 0.15) is 42.7 Å². The Balaban J connectivity index is 0.00000117. The number of carbonyl (C=O) groups is 1. The first-order valence-electron chi connectivity index (χ1n) is 9.15. The molecule has 0 spiro atoms. The number of methoxy groups -OCH3 is 1. The van der Waals surface area contributed by atoms with Crippen molar-refractivity contribution in [1.82, 2.24) is 4.98 Å². The summed E-state index contributed by atoms with van der Waals surface area (Å²) in [7, 11) is 1.69. The third kappa shape index (κ3) is 4.58. The molecule has 0 unspecified atom stereocenters. The number of fused-ring (bicyclic) bond motifs is 1. The predicted molar refractivity (Wildman–Crippen MR) is 109 cm³/mol. The number of benzene rings is 1. The Hall–Kier alpha value is -2.01. The average molecular weight is 373 g/mol. The Morgan fingerprint density at radius 3 is 2.54 bits per heavy atom. The van der Waals surface area contributed by atoms with E-state index in [-0.39, 0.29) is 0 Å². The van der Waals surface area contributed by atoms with Crippen molar-refractivity contribution in [3.63, 3.8) is 0 Å². The van der Waals surface area contributed by atoms with Gasteiger partial charge in [0.05, 0.1) is 7.11 Å². The zero-order valence-electron chi connectivity index (χ0n) is 16.3. The first-order valence-corrected chi connectivity index (χ1v) is 9.93. The van der Waals surface area contributed by atoms with E-state index >= 15 is 0 Å². The Labute approximate surface area is 161 Å². The molecule has 1 aliphatic heterocycles. The number of anilines is 1. The highest BCUT2D eigenvalue weighted by Crippen LogP contribution is 2.38. The first kappa shape index (κ1) is 20.3. The smallest absolute Gasteiger partial charge is 0.142 e. The van der Waals surface area contributed by atoms with Gasteiger partial charge in [0.25, 0.3) is 0 Å². The van der Waals surface area contributed by atoms with Crippen LogP contribution in [0.25, 0.3) is 0 Å². The van der Waals surface area contributed by atoms with E-state index < -0.39 is 0 Å². The van der Waals surface area contributed by atoms with Gasteiger partial charge in [0.15, 0.2) is 0 Å². The molecule has 0 atom stereocenters. The fourth-order valence-corrected chi connectivity index (χ4v) is 4.11. The number of aldehydes is 1. The van der Waals surface area contributed by atoms with E-state index in [1.54, 1.807) is 19.1 Å². The summed E-state index contributed by atoms with van der Waals surface area (Å²) in [6.45, 7) is 9.18. The van der Waals surface area contributed by atoms with Crippen LogP contribution in [-0.4, -0.2) is 24.9 Å². The molecule has 0 amide bonds. The van der Waals surface area contributed by atoms with Crippen LogP contribution in [-0.2, 0) is 17.6 Å². The summed E-state index contributed by atoms with van der Waals surface area (Å²) in [4.78, 5) is 16.8. The van der Waals surface area contributed by atoms with Gasteiger partial charge >= 0.3 is 0 Å². The summed E-state index contributed by atoms with van der Waals surface area (Å²) in [5.74, 6) is 1.89. The van der Waals surface area contributed by atoms with Gasteiger partial charge in [-0.1, -0.05) is 19.9 Å². The van der Waals surface area contributed by atoms with Crippen LogP contribution < -0.4 is 9.04 Å². The van der Waals surface area contributed by atoms with Gasteiger partial charge in [-0.25, -0.2) is 4.98 Å². The summed E-state index contributed by atoms with van der Waals surface area (Å²) in [5, 5.41) is 0. The normalized spacial score (nSPS) is 12.7. The minimum Gasteiger partial charge on any atom is -0.497 e.